The molecule has 0 unspecified atom stereocenters. The monoisotopic (exact) mass is 346 g/mol. The molecule has 3 aromatic carbocycles. The molecule has 0 saturated heterocycles. The Morgan fingerprint density at radius 3 is 1.19 bits per heavy atom. The minimum absolute atomic E-state index is 0.103. The Morgan fingerprint density at radius 1 is 0.462 bits per heavy atom. The van der Waals surface area contributed by atoms with E-state index in [-0.39, 0.29) is 32.3 Å². The van der Waals surface area contributed by atoms with Gasteiger partial charge in [-0.3, -0.25) is 38.7 Å². The maximum Gasteiger partial charge on any atom is 0.259 e. The summed E-state index contributed by atoms with van der Waals surface area (Å²) in [6, 6.07) is 5.21. The summed E-state index contributed by atoms with van der Waals surface area (Å²) in [6.45, 7) is 0. The summed E-state index contributed by atoms with van der Waals surface area (Å²) < 4.78 is 0. The molecule has 0 aliphatic heterocycles. The first-order valence-corrected chi connectivity index (χ1v) is 7.53. The normalized spacial score (nSPS) is 12.0. The van der Waals surface area contributed by atoms with Crippen molar-refractivity contribution in [2.24, 2.45) is 0 Å². The summed E-state index contributed by atoms with van der Waals surface area (Å²) in [5.74, 6) is 0. The second-order valence-corrected chi connectivity index (χ2v) is 6.11. The van der Waals surface area contributed by atoms with Gasteiger partial charge < -0.3 is 0 Å². The van der Waals surface area contributed by atoms with E-state index in [1.807, 2.05) is 0 Å². The fraction of sp³-hybridized carbons (Fsp3) is 0. The molecule has 0 atom stereocenters. The van der Waals surface area contributed by atoms with E-state index in [2.05, 4.69) is 9.97 Å². The molecule has 0 radical (unpaired) electrons. The highest BCUT2D eigenvalue weighted by Crippen LogP contribution is 2.31. The number of aromatic nitrogens is 2. The van der Waals surface area contributed by atoms with Crippen molar-refractivity contribution in [3.63, 3.8) is 0 Å². The van der Waals surface area contributed by atoms with Crippen LogP contribution in [0.1, 0.15) is 0 Å². The van der Waals surface area contributed by atoms with Crippen LogP contribution in [0.25, 0.3) is 43.1 Å². The van der Waals surface area contributed by atoms with Crippen molar-refractivity contribution in [2.75, 3.05) is 0 Å². The number of benzene rings is 3. The summed E-state index contributed by atoms with van der Waals surface area (Å²) in [7, 11) is 0. The van der Waals surface area contributed by atoms with Gasteiger partial charge in [0.25, 0.3) is 22.2 Å². The first kappa shape index (κ1) is 14.4. The molecule has 0 fully saturated rings. The van der Waals surface area contributed by atoms with E-state index < -0.39 is 33.1 Å². The Hall–Kier alpha value is -3.94. The number of nitrogens with one attached hydrogen (secondary N) is 2. The van der Waals surface area contributed by atoms with Crippen LogP contribution >= 0.6 is 0 Å². The SMILES string of the molecule is O=c1cc2cc3c(cc2cc1=O)c1c(=O)[nH]c(=O)c3c2c(=O)[nH]c(=O)c12. The predicted molar refractivity (Wildman–Crippen MR) is 96.3 cm³/mol. The van der Waals surface area contributed by atoms with Gasteiger partial charge in [0.05, 0.1) is 21.5 Å². The van der Waals surface area contributed by atoms with E-state index in [0.717, 1.165) is 12.1 Å². The van der Waals surface area contributed by atoms with Gasteiger partial charge in [-0.2, -0.15) is 0 Å². The molecule has 0 aliphatic carbocycles. The number of H-pyrrole nitrogens is 2. The third-order valence-electron chi connectivity index (χ3n) is 4.69. The van der Waals surface area contributed by atoms with Gasteiger partial charge >= 0.3 is 0 Å². The van der Waals surface area contributed by atoms with Crippen LogP contribution in [-0.4, -0.2) is 9.97 Å². The van der Waals surface area contributed by atoms with Crippen LogP contribution in [-0.2, 0) is 0 Å². The van der Waals surface area contributed by atoms with Crippen LogP contribution < -0.4 is 33.1 Å². The van der Waals surface area contributed by atoms with Crippen molar-refractivity contribution < 1.29 is 0 Å². The first-order chi connectivity index (χ1) is 12.4. The molecule has 6 rings (SSSR count). The second kappa shape index (κ2) is 4.37. The van der Waals surface area contributed by atoms with Gasteiger partial charge in [-0.1, -0.05) is 0 Å². The number of fused-ring (bicyclic) bond motifs is 3. The Bertz CT molecular complexity index is 1620. The lowest BCUT2D eigenvalue weighted by molar-refractivity contribution is 1.23. The maximum atomic E-state index is 12.5. The minimum Gasteiger partial charge on any atom is -0.288 e. The standard InChI is InChI=1S/C18H6N2O6/c21-9-3-5-1-7-8(2-6(5)4-10(9)22)12-14-13(17(25)20-18(14)26)11(7)15(23)19-16(12)24/h1-4H,(H,19,23,24)(H,20,25,26). The summed E-state index contributed by atoms with van der Waals surface area (Å²) in [5, 5.41) is 0.797. The highest BCUT2D eigenvalue weighted by atomic mass is 16.2. The van der Waals surface area contributed by atoms with Gasteiger partial charge in [0.15, 0.2) is 0 Å². The lowest BCUT2D eigenvalue weighted by atomic mass is 9.96. The van der Waals surface area contributed by atoms with E-state index in [1.54, 1.807) is 0 Å². The fourth-order valence-electron chi connectivity index (χ4n) is 3.62. The number of aromatic amines is 2. The highest BCUT2D eigenvalue weighted by Gasteiger charge is 2.21. The van der Waals surface area contributed by atoms with Gasteiger partial charge in [-0.15, -0.1) is 0 Å². The molecule has 0 amide bonds. The van der Waals surface area contributed by atoms with E-state index in [1.165, 1.54) is 12.1 Å². The van der Waals surface area contributed by atoms with Crippen molar-refractivity contribution in [1.82, 2.24) is 9.97 Å². The van der Waals surface area contributed by atoms with Crippen LogP contribution in [0.4, 0.5) is 0 Å². The zero-order valence-electron chi connectivity index (χ0n) is 12.8. The Balaban J connectivity index is 2.33. The van der Waals surface area contributed by atoms with Crippen LogP contribution in [0, 0.1) is 0 Å². The Morgan fingerprint density at radius 2 is 0.808 bits per heavy atom. The number of hydrogen-bond donors (Lipinski definition) is 2. The zero-order valence-corrected chi connectivity index (χ0v) is 12.8. The highest BCUT2D eigenvalue weighted by molar-refractivity contribution is 6.26. The van der Waals surface area contributed by atoms with Crippen molar-refractivity contribution in [1.29, 1.82) is 0 Å². The molecular weight excluding hydrogens is 340 g/mol. The molecule has 124 valence electrons. The van der Waals surface area contributed by atoms with Crippen molar-refractivity contribution >= 4 is 43.1 Å². The molecule has 0 aliphatic rings. The van der Waals surface area contributed by atoms with Crippen LogP contribution in [0.5, 0.6) is 0 Å². The van der Waals surface area contributed by atoms with Gasteiger partial charge in [-0.25, -0.2) is 0 Å². The smallest absolute Gasteiger partial charge is 0.259 e. The lowest BCUT2D eigenvalue weighted by Gasteiger charge is -2.04. The largest absolute Gasteiger partial charge is 0.288 e. The van der Waals surface area contributed by atoms with E-state index >= 15 is 0 Å². The average molecular weight is 346 g/mol. The summed E-state index contributed by atoms with van der Waals surface area (Å²) in [5.41, 5.74) is -4.53. The van der Waals surface area contributed by atoms with Gasteiger partial charge in [0, 0.05) is 0 Å². The van der Waals surface area contributed by atoms with Gasteiger partial charge in [-0.05, 0) is 45.8 Å². The molecule has 6 aromatic rings. The quantitative estimate of drug-likeness (QED) is 0.285. The van der Waals surface area contributed by atoms with Crippen LogP contribution in [0.2, 0.25) is 0 Å². The van der Waals surface area contributed by atoms with Crippen molar-refractivity contribution in [3.05, 3.63) is 86.1 Å². The average Bonchev–Trinajstić information content (AvgIpc) is 2.74. The molecule has 3 aromatic heterocycles. The van der Waals surface area contributed by atoms with Crippen molar-refractivity contribution in [3.8, 4) is 0 Å². The topological polar surface area (TPSA) is 134 Å². The first-order valence-electron chi connectivity index (χ1n) is 7.53. The van der Waals surface area contributed by atoms with E-state index in [9.17, 15) is 28.8 Å². The third kappa shape index (κ3) is 1.57. The number of rotatable bonds is 0. The number of hydrogen-bond acceptors (Lipinski definition) is 6. The fourth-order valence-corrected chi connectivity index (χ4v) is 3.62. The van der Waals surface area contributed by atoms with Gasteiger partial charge in [0.1, 0.15) is 0 Å². The molecule has 0 spiro atoms. The molecule has 3 heterocycles. The summed E-state index contributed by atoms with van der Waals surface area (Å²) in [4.78, 5) is 76.9. The lowest BCUT2D eigenvalue weighted by Crippen LogP contribution is -2.20. The second-order valence-electron chi connectivity index (χ2n) is 6.11. The summed E-state index contributed by atoms with van der Waals surface area (Å²) in [6.07, 6.45) is 0. The summed E-state index contributed by atoms with van der Waals surface area (Å²) >= 11 is 0. The van der Waals surface area contributed by atoms with E-state index in [4.69, 9.17) is 0 Å². The Kier molecular flexibility index (Phi) is 2.42. The van der Waals surface area contributed by atoms with Gasteiger partial charge in [0.2, 0.25) is 10.9 Å². The van der Waals surface area contributed by atoms with E-state index in [0.29, 0.717) is 10.8 Å². The maximum absolute atomic E-state index is 12.5. The molecular formula is C18H6N2O6. The molecule has 2 bridgehead atoms. The zero-order chi connectivity index (χ0) is 18.3. The minimum atomic E-state index is -0.803. The van der Waals surface area contributed by atoms with Crippen LogP contribution in [0.3, 0.4) is 0 Å². The predicted octanol–water partition coefficient (Wildman–Crippen LogP) is -0.570. The van der Waals surface area contributed by atoms with Crippen molar-refractivity contribution in [2.45, 2.75) is 0 Å². The third-order valence-corrected chi connectivity index (χ3v) is 4.69. The van der Waals surface area contributed by atoms with Crippen LogP contribution in [0.15, 0.2) is 53.0 Å². The molecule has 8 heteroatoms. The molecule has 26 heavy (non-hydrogen) atoms. The molecule has 2 N–H and O–H groups in total. The molecule has 0 saturated carbocycles. The molecule has 8 nitrogen and oxygen atoms in total. The Labute approximate surface area is 140 Å².